The Morgan fingerprint density at radius 2 is 1.88 bits per heavy atom. The molecule has 1 fully saturated rings. The molecule has 8 heteroatoms. The SMILES string of the molecule is OCC1O[C@@H](n2cc(Cl)c3c(-c4ccccc4)ncnc32)[C@@H](O)[C@H]1O. The monoisotopic (exact) mass is 361 g/mol. The molecule has 1 unspecified atom stereocenters. The van der Waals surface area contributed by atoms with Crippen molar-refractivity contribution in [3.63, 3.8) is 0 Å². The normalized spacial score (nSPS) is 26.4. The fourth-order valence-corrected chi connectivity index (χ4v) is 3.44. The fourth-order valence-electron chi connectivity index (χ4n) is 3.16. The number of rotatable bonds is 3. The standard InChI is InChI=1S/C17H16ClN3O4/c18-10-6-21(17-15(24)14(23)11(7-22)25-17)16-12(10)13(19-8-20-16)9-4-2-1-3-5-9/h1-6,8,11,14-15,17,22-24H,7H2/t11?,14-,15-,17+/m0/s1. The Hall–Kier alpha value is -2.03. The van der Waals surface area contributed by atoms with Crippen LogP contribution in [0.1, 0.15) is 6.23 Å². The highest BCUT2D eigenvalue weighted by molar-refractivity contribution is 6.36. The average molecular weight is 362 g/mol. The van der Waals surface area contributed by atoms with Crippen LogP contribution in [-0.2, 0) is 4.74 Å². The second-order valence-electron chi connectivity index (χ2n) is 5.90. The molecule has 0 amide bonds. The Bertz CT molecular complexity index is 902. The van der Waals surface area contributed by atoms with Crippen LogP contribution >= 0.6 is 11.6 Å². The number of aliphatic hydroxyl groups excluding tert-OH is 3. The largest absolute Gasteiger partial charge is 0.394 e. The van der Waals surface area contributed by atoms with E-state index in [1.807, 2.05) is 30.3 Å². The third kappa shape index (κ3) is 2.61. The molecule has 4 rings (SSSR count). The number of benzene rings is 1. The zero-order valence-electron chi connectivity index (χ0n) is 13.0. The molecule has 7 nitrogen and oxygen atoms in total. The van der Waals surface area contributed by atoms with Crippen molar-refractivity contribution in [2.45, 2.75) is 24.5 Å². The molecule has 1 aromatic carbocycles. The molecule has 0 bridgehead atoms. The van der Waals surface area contributed by atoms with Crippen molar-refractivity contribution < 1.29 is 20.1 Å². The quantitative estimate of drug-likeness (QED) is 0.651. The second-order valence-corrected chi connectivity index (χ2v) is 6.31. The van der Waals surface area contributed by atoms with Crippen molar-refractivity contribution in [3.8, 4) is 11.3 Å². The van der Waals surface area contributed by atoms with Gasteiger partial charge < -0.3 is 24.6 Å². The molecule has 25 heavy (non-hydrogen) atoms. The van der Waals surface area contributed by atoms with Gasteiger partial charge in [-0.1, -0.05) is 41.9 Å². The first-order chi connectivity index (χ1) is 12.1. The van der Waals surface area contributed by atoms with Crippen molar-refractivity contribution in [2.75, 3.05) is 6.61 Å². The van der Waals surface area contributed by atoms with Crippen LogP contribution in [0.2, 0.25) is 5.02 Å². The molecule has 1 aliphatic rings. The number of hydrogen-bond donors (Lipinski definition) is 3. The Kier molecular flexibility index (Phi) is 4.18. The predicted octanol–water partition coefficient (Wildman–Crippen LogP) is 1.36. The van der Waals surface area contributed by atoms with Crippen LogP contribution in [0.5, 0.6) is 0 Å². The van der Waals surface area contributed by atoms with Crippen LogP contribution in [0.3, 0.4) is 0 Å². The van der Waals surface area contributed by atoms with Gasteiger partial charge in [-0.3, -0.25) is 0 Å². The minimum atomic E-state index is -1.21. The van der Waals surface area contributed by atoms with Crippen LogP contribution in [0.25, 0.3) is 22.3 Å². The van der Waals surface area contributed by atoms with Gasteiger partial charge in [-0.05, 0) is 0 Å². The van der Waals surface area contributed by atoms with Gasteiger partial charge in [0.05, 0.1) is 22.7 Å². The zero-order valence-corrected chi connectivity index (χ0v) is 13.8. The number of ether oxygens (including phenoxy) is 1. The predicted molar refractivity (Wildman–Crippen MR) is 91.0 cm³/mol. The lowest BCUT2D eigenvalue weighted by atomic mass is 10.1. The Balaban J connectivity index is 1.86. The Morgan fingerprint density at radius 1 is 1.12 bits per heavy atom. The molecule has 3 N–H and O–H groups in total. The molecular weight excluding hydrogens is 346 g/mol. The van der Waals surface area contributed by atoms with Gasteiger partial charge in [-0.2, -0.15) is 0 Å². The van der Waals surface area contributed by atoms with Crippen molar-refractivity contribution in [1.29, 1.82) is 0 Å². The number of hydrogen-bond acceptors (Lipinski definition) is 6. The van der Waals surface area contributed by atoms with E-state index in [9.17, 15) is 15.3 Å². The lowest BCUT2D eigenvalue weighted by molar-refractivity contribution is -0.0508. The van der Waals surface area contributed by atoms with E-state index in [1.54, 1.807) is 10.8 Å². The summed E-state index contributed by atoms with van der Waals surface area (Å²) in [4.78, 5) is 8.62. The maximum absolute atomic E-state index is 10.3. The fraction of sp³-hybridized carbons (Fsp3) is 0.294. The summed E-state index contributed by atoms with van der Waals surface area (Å²) >= 11 is 6.42. The molecule has 130 valence electrons. The number of halogens is 1. The lowest BCUT2D eigenvalue weighted by Gasteiger charge is -2.17. The highest BCUT2D eigenvalue weighted by atomic mass is 35.5. The van der Waals surface area contributed by atoms with Crippen LogP contribution in [-0.4, -0.2) is 54.8 Å². The van der Waals surface area contributed by atoms with Gasteiger partial charge in [0.1, 0.15) is 30.3 Å². The first-order valence-electron chi connectivity index (χ1n) is 7.80. The van der Waals surface area contributed by atoms with E-state index in [2.05, 4.69) is 9.97 Å². The third-order valence-corrected chi connectivity index (χ3v) is 4.69. The van der Waals surface area contributed by atoms with Gasteiger partial charge in [0.25, 0.3) is 0 Å². The topological polar surface area (TPSA) is 101 Å². The summed E-state index contributed by atoms with van der Waals surface area (Å²) in [5.41, 5.74) is 2.03. The molecule has 3 aromatic rings. The van der Waals surface area contributed by atoms with E-state index in [1.165, 1.54) is 6.33 Å². The van der Waals surface area contributed by atoms with Crippen LogP contribution in [0, 0.1) is 0 Å². The minimum absolute atomic E-state index is 0.397. The number of nitrogens with zero attached hydrogens (tertiary/aromatic N) is 3. The molecule has 4 atom stereocenters. The lowest BCUT2D eigenvalue weighted by Crippen LogP contribution is -2.33. The number of aliphatic hydroxyl groups is 3. The highest BCUT2D eigenvalue weighted by Gasteiger charge is 2.44. The van der Waals surface area contributed by atoms with Gasteiger partial charge in [0, 0.05) is 11.8 Å². The molecule has 0 saturated carbocycles. The molecule has 2 aromatic heterocycles. The molecule has 1 aliphatic heterocycles. The van der Waals surface area contributed by atoms with Crippen molar-refractivity contribution in [2.24, 2.45) is 0 Å². The summed E-state index contributed by atoms with van der Waals surface area (Å²) in [5.74, 6) is 0. The van der Waals surface area contributed by atoms with Gasteiger partial charge in [0.15, 0.2) is 6.23 Å². The van der Waals surface area contributed by atoms with Crippen molar-refractivity contribution in [1.82, 2.24) is 14.5 Å². The molecular formula is C17H16ClN3O4. The number of fused-ring (bicyclic) bond motifs is 1. The molecule has 3 heterocycles. The molecule has 0 aliphatic carbocycles. The summed E-state index contributed by atoms with van der Waals surface area (Å²) in [6.07, 6.45) is -1.17. The van der Waals surface area contributed by atoms with Crippen LogP contribution in [0.4, 0.5) is 0 Å². The maximum atomic E-state index is 10.3. The zero-order chi connectivity index (χ0) is 17.6. The molecule has 0 spiro atoms. The van der Waals surface area contributed by atoms with E-state index in [0.29, 0.717) is 21.7 Å². The smallest absolute Gasteiger partial charge is 0.164 e. The van der Waals surface area contributed by atoms with E-state index in [4.69, 9.17) is 16.3 Å². The summed E-state index contributed by atoms with van der Waals surface area (Å²) < 4.78 is 7.15. The number of aromatic nitrogens is 3. The van der Waals surface area contributed by atoms with Gasteiger partial charge in [-0.15, -0.1) is 0 Å². The third-order valence-electron chi connectivity index (χ3n) is 4.40. The van der Waals surface area contributed by atoms with Crippen LogP contribution < -0.4 is 0 Å². The van der Waals surface area contributed by atoms with E-state index < -0.39 is 31.1 Å². The van der Waals surface area contributed by atoms with E-state index in [-0.39, 0.29) is 0 Å². The summed E-state index contributed by atoms with van der Waals surface area (Å²) in [6, 6.07) is 9.55. The summed E-state index contributed by atoms with van der Waals surface area (Å²) in [7, 11) is 0. The first kappa shape index (κ1) is 16.4. The van der Waals surface area contributed by atoms with Crippen molar-refractivity contribution in [3.05, 3.63) is 47.9 Å². The first-order valence-corrected chi connectivity index (χ1v) is 8.18. The minimum Gasteiger partial charge on any atom is -0.394 e. The summed E-state index contributed by atoms with van der Waals surface area (Å²) in [6.45, 7) is -0.397. The maximum Gasteiger partial charge on any atom is 0.164 e. The Labute approximate surface area is 148 Å². The Morgan fingerprint density at radius 3 is 2.56 bits per heavy atom. The van der Waals surface area contributed by atoms with Gasteiger partial charge in [0.2, 0.25) is 0 Å². The summed E-state index contributed by atoms with van der Waals surface area (Å²) in [5, 5.41) is 30.6. The van der Waals surface area contributed by atoms with E-state index in [0.717, 1.165) is 5.56 Å². The second kappa shape index (κ2) is 6.36. The molecule has 0 radical (unpaired) electrons. The van der Waals surface area contributed by atoms with Gasteiger partial charge >= 0.3 is 0 Å². The average Bonchev–Trinajstić information content (AvgIpc) is 3.13. The van der Waals surface area contributed by atoms with Crippen molar-refractivity contribution >= 4 is 22.6 Å². The van der Waals surface area contributed by atoms with E-state index >= 15 is 0 Å². The van der Waals surface area contributed by atoms with Gasteiger partial charge in [-0.25, -0.2) is 9.97 Å². The van der Waals surface area contributed by atoms with Crippen LogP contribution in [0.15, 0.2) is 42.9 Å². The highest BCUT2D eigenvalue weighted by Crippen LogP contribution is 2.37. The molecule has 1 saturated heterocycles.